The maximum absolute atomic E-state index is 14.0. The van der Waals surface area contributed by atoms with Crippen molar-refractivity contribution in [1.82, 2.24) is 0 Å². The van der Waals surface area contributed by atoms with Crippen LogP contribution in [0.15, 0.2) is 72.8 Å². The van der Waals surface area contributed by atoms with Crippen LogP contribution in [0, 0.1) is 27.7 Å². The molecule has 0 bridgehead atoms. The van der Waals surface area contributed by atoms with Gasteiger partial charge in [-0.1, -0.05) is 107 Å². The summed E-state index contributed by atoms with van der Waals surface area (Å²) in [5.74, 6) is -0.131. The Labute approximate surface area is 346 Å². The number of phenols is 2. The molecule has 0 spiro atoms. The van der Waals surface area contributed by atoms with E-state index in [1.165, 1.54) is 0 Å². The van der Waals surface area contributed by atoms with Crippen LogP contribution in [0.1, 0.15) is 148 Å². The second-order valence-corrected chi connectivity index (χ2v) is 20.2. The van der Waals surface area contributed by atoms with E-state index < -0.39 is 22.8 Å². The van der Waals surface area contributed by atoms with Crippen LogP contribution < -0.4 is 9.47 Å². The predicted octanol–water partition coefficient (Wildman–Crippen LogP) is 13.3. The van der Waals surface area contributed by atoms with Crippen molar-refractivity contribution >= 4 is 11.9 Å². The molecule has 0 unspecified atom stereocenters. The van der Waals surface area contributed by atoms with Crippen LogP contribution in [0.3, 0.4) is 0 Å². The summed E-state index contributed by atoms with van der Waals surface area (Å²) in [5, 5.41) is 23.4. The highest BCUT2D eigenvalue weighted by molar-refractivity contribution is 5.97. The van der Waals surface area contributed by atoms with Crippen molar-refractivity contribution in [1.29, 1.82) is 0 Å². The zero-order valence-corrected chi connectivity index (χ0v) is 37.5. The summed E-state index contributed by atoms with van der Waals surface area (Å²) in [4.78, 5) is 28.1. The first kappa shape index (κ1) is 43.8. The lowest BCUT2D eigenvalue weighted by atomic mass is 9.80. The minimum absolute atomic E-state index is 0.155. The molecule has 5 rings (SSSR count). The summed E-state index contributed by atoms with van der Waals surface area (Å²) in [6.07, 6.45) is 0. The second-order valence-electron chi connectivity index (χ2n) is 20.2. The van der Waals surface area contributed by atoms with Crippen LogP contribution >= 0.6 is 0 Å². The molecule has 5 aromatic rings. The van der Waals surface area contributed by atoms with Gasteiger partial charge >= 0.3 is 11.9 Å². The molecule has 0 saturated heterocycles. The molecule has 0 aliphatic carbocycles. The first-order valence-electron chi connectivity index (χ1n) is 20.1. The van der Waals surface area contributed by atoms with Gasteiger partial charge in [-0.25, -0.2) is 9.59 Å². The highest BCUT2D eigenvalue weighted by Gasteiger charge is 2.31. The van der Waals surface area contributed by atoms with Crippen LogP contribution in [-0.4, -0.2) is 22.2 Å². The first-order chi connectivity index (χ1) is 26.6. The van der Waals surface area contributed by atoms with E-state index >= 15 is 0 Å². The third kappa shape index (κ3) is 9.17. The smallest absolute Gasteiger partial charge is 0.343 e. The Kier molecular flexibility index (Phi) is 11.6. The zero-order chi connectivity index (χ0) is 43.4. The Morgan fingerprint density at radius 1 is 0.397 bits per heavy atom. The fraction of sp³-hybridized carbons (Fsp3) is 0.385. The standard InChI is InChI=1S/C52H62O6/c1-29-21-35(43(53)39(25-29)49(5,6)7)37-23-31(3)27-41(51(11,12)13)45(37)57-47(55)33-17-19-34(20-18-33)48(56)58-46-38(24-32(4)28-42(46)52(14,15)16)36-22-30(2)26-40(44(36)54)50(8,9)10/h17-28,53-54H,1-16H3. The Bertz CT molecular complexity index is 2230. The van der Waals surface area contributed by atoms with Crippen molar-refractivity contribution in [2.24, 2.45) is 0 Å². The Hall–Kier alpha value is -5.36. The van der Waals surface area contributed by atoms with Gasteiger partial charge in [0.2, 0.25) is 0 Å². The molecule has 0 aliphatic rings. The quantitative estimate of drug-likeness (QED) is 0.132. The molecular weight excluding hydrogens is 721 g/mol. The number of phenolic OH excluding ortho intramolecular Hbond substituents is 2. The maximum Gasteiger partial charge on any atom is 0.343 e. The summed E-state index contributed by atoms with van der Waals surface area (Å²) in [7, 11) is 0. The average Bonchev–Trinajstić information content (AvgIpc) is 3.09. The summed E-state index contributed by atoms with van der Waals surface area (Å²) < 4.78 is 12.6. The molecule has 0 atom stereocenters. The molecule has 0 fully saturated rings. The van der Waals surface area contributed by atoms with Crippen molar-refractivity contribution < 1.29 is 29.3 Å². The van der Waals surface area contributed by atoms with E-state index in [-0.39, 0.29) is 33.5 Å². The Morgan fingerprint density at radius 2 is 0.638 bits per heavy atom. The van der Waals surface area contributed by atoms with Crippen LogP contribution in [0.2, 0.25) is 0 Å². The highest BCUT2D eigenvalue weighted by atomic mass is 16.5. The molecule has 58 heavy (non-hydrogen) atoms. The van der Waals surface area contributed by atoms with E-state index in [9.17, 15) is 19.8 Å². The fourth-order valence-corrected chi connectivity index (χ4v) is 7.44. The number of carbonyl (C=O) groups is 2. The summed E-state index contributed by atoms with van der Waals surface area (Å²) >= 11 is 0. The number of hydrogen-bond donors (Lipinski definition) is 2. The number of rotatable bonds is 6. The van der Waals surface area contributed by atoms with Gasteiger partial charge in [0.1, 0.15) is 23.0 Å². The number of carbonyl (C=O) groups excluding carboxylic acids is 2. The van der Waals surface area contributed by atoms with Gasteiger partial charge in [-0.2, -0.15) is 0 Å². The molecule has 0 aliphatic heterocycles. The molecule has 0 radical (unpaired) electrons. The molecule has 2 N–H and O–H groups in total. The number of aryl methyl sites for hydroxylation is 4. The second kappa shape index (κ2) is 15.4. The van der Waals surface area contributed by atoms with Gasteiger partial charge in [-0.15, -0.1) is 0 Å². The normalized spacial score (nSPS) is 12.4. The summed E-state index contributed by atoms with van der Waals surface area (Å²) in [6.45, 7) is 32.7. The van der Waals surface area contributed by atoms with Gasteiger partial charge < -0.3 is 19.7 Å². The Morgan fingerprint density at radius 3 is 0.897 bits per heavy atom. The lowest BCUT2D eigenvalue weighted by Gasteiger charge is -2.27. The van der Waals surface area contributed by atoms with Crippen molar-refractivity contribution in [2.45, 2.75) is 132 Å². The van der Waals surface area contributed by atoms with E-state index in [0.29, 0.717) is 33.8 Å². The number of hydrogen-bond acceptors (Lipinski definition) is 6. The van der Waals surface area contributed by atoms with Gasteiger partial charge in [0.25, 0.3) is 0 Å². The van der Waals surface area contributed by atoms with Crippen molar-refractivity contribution in [3.8, 4) is 45.3 Å². The van der Waals surface area contributed by atoms with Gasteiger partial charge in [-0.05, 0) is 120 Å². The third-order valence-electron chi connectivity index (χ3n) is 10.5. The van der Waals surface area contributed by atoms with Gasteiger partial charge in [0.05, 0.1) is 11.1 Å². The fourth-order valence-electron chi connectivity index (χ4n) is 7.44. The van der Waals surface area contributed by atoms with Gasteiger partial charge in [0, 0.05) is 44.5 Å². The van der Waals surface area contributed by atoms with E-state index in [4.69, 9.17) is 9.47 Å². The van der Waals surface area contributed by atoms with Crippen LogP contribution in [0.25, 0.3) is 22.3 Å². The van der Waals surface area contributed by atoms with Crippen LogP contribution in [-0.2, 0) is 21.7 Å². The summed E-state index contributed by atoms with van der Waals surface area (Å²) in [5.41, 5.74) is 8.65. The largest absolute Gasteiger partial charge is 0.507 e. The average molecular weight is 783 g/mol. The number of ether oxygens (including phenoxy) is 2. The number of benzene rings is 5. The molecule has 0 aromatic heterocycles. The minimum Gasteiger partial charge on any atom is -0.507 e. The van der Waals surface area contributed by atoms with Crippen molar-refractivity contribution in [3.63, 3.8) is 0 Å². The number of esters is 2. The molecule has 0 saturated carbocycles. The molecule has 6 nitrogen and oxygen atoms in total. The van der Waals surface area contributed by atoms with Crippen LogP contribution in [0.5, 0.6) is 23.0 Å². The predicted molar refractivity (Wildman–Crippen MR) is 237 cm³/mol. The van der Waals surface area contributed by atoms with E-state index in [1.54, 1.807) is 24.3 Å². The lowest BCUT2D eigenvalue weighted by Crippen LogP contribution is -2.19. The van der Waals surface area contributed by atoms with Crippen molar-refractivity contribution in [3.05, 3.63) is 128 Å². The molecule has 5 aromatic carbocycles. The lowest BCUT2D eigenvalue weighted by molar-refractivity contribution is 0.0718. The minimum atomic E-state index is -0.598. The maximum atomic E-state index is 14.0. The first-order valence-corrected chi connectivity index (χ1v) is 20.1. The molecule has 0 heterocycles. The third-order valence-corrected chi connectivity index (χ3v) is 10.5. The van der Waals surface area contributed by atoms with Crippen LogP contribution in [0.4, 0.5) is 0 Å². The molecule has 0 amide bonds. The number of aromatic hydroxyl groups is 2. The topological polar surface area (TPSA) is 93.1 Å². The van der Waals surface area contributed by atoms with Gasteiger partial charge in [-0.3, -0.25) is 0 Å². The van der Waals surface area contributed by atoms with E-state index in [2.05, 4.69) is 83.1 Å². The monoisotopic (exact) mass is 782 g/mol. The molecule has 6 heteroatoms. The molecular formula is C52H62O6. The Balaban J connectivity index is 1.55. The summed E-state index contributed by atoms with van der Waals surface area (Å²) in [6, 6.07) is 22.0. The van der Waals surface area contributed by atoms with Gasteiger partial charge in [0.15, 0.2) is 0 Å². The zero-order valence-electron chi connectivity index (χ0n) is 37.5. The molecule has 306 valence electrons. The van der Waals surface area contributed by atoms with E-state index in [0.717, 1.165) is 44.5 Å². The van der Waals surface area contributed by atoms with E-state index in [1.807, 2.05) is 76.2 Å². The van der Waals surface area contributed by atoms with Crippen molar-refractivity contribution in [2.75, 3.05) is 0 Å². The SMILES string of the molecule is Cc1cc(-c2cc(C)cc(C(C)(C)C)c2OC(=O)c2ccc(C(=O)Oc3c(-c4cc(C)cc(C(C)(C)C)c4O)cc(C)cc3C(C)(C)C)cc2)c(O)c(C(C)(C)C)c1. The highest BCUT2D eigenvalue weighted by Crippen LogP contribution is 2.48.